The van der Waals surface area contributed by atoms with Crippen LogP contribution in [0.4, 0.5) is 0 Å². The molecule has 0 saturated heterocycles. The highest BCUT2D eigenvalue weighted by molar-refractivity contribution is 5.83. The average molecular weight is 270 g/mol. The van der Waals surface area contributed by atoms with E-state index in [9.17, 15) is 0 Å². The second kappa shape index (κ2) is 5.53. The van der Waals surface area contributed by atoms with Crippen LogP contribution >= 0.6 is 0 Å². The Morgan fingerprint density at radius 2 is 1.75 bits per heavy atom. The van der Waals surface area contributed by atoms with Gasteiger partial charge < -0.3 is 5.32 Å². The van der Waals surface area contributed by atoms with Crippen molar-refractivity contribution in [2.45, 2.75) is 52.0 Å². The van der Waals surface area contributed by atoms with Gasteiger partial charge in [0.2, 0.25) is 0 Å². The van der Waals surface area contributed by atoms with Gasteiger partial charge in [-0.1, -0.05) is 32.0 Å². The molecular weight excluding hydrogens is 244 g/mol. The molecule has 1 heterocycles. The normalized spacial score (nSPS) is 12.8. The average Bonchev–Trinajstić information content (AvgIpc) is 2.36. The molecule has 0 radical (unpaired) electrons. The lowest BCUT2D eigenvalue weighted by Crippen LogP contribution is -2.38. The number of rotatable bonds is 4. The molecule has 2 rings (SSSR count). The number of nitrogens with zero attached hydrogens (tertiary/aromatic N) is 1. The topological polar surface area (TPSA) is 24.9 Å². The molecule has 0 aliphatic heterocycles. The van der Waals surface area contributed by atoms with Gasteiger partial charge in [0.1, 0.15) is 0 Å². The molecule has 0 fully saturated rings. The van der Waals surface area contributed by atoms with E-state index in [4.69, 9.17) is 0 Å². The third-order valence-corrected chi connectivity index (χ3v) is 3.78. The van der Waals surface area contributed by atoms with E-state index < -0.39 is 0 Å². The van der Waals surface area contributed by atoms with Gasteiger partial charge in [-0.2, -0.15) is 0 Å². The summed E-state index contributed by atoms with van der Waals surface area (Å²) in [4.78, 5) is 4.46. The van der Waals surface area contributed by atoms with E-state index in [1.165, 1.54) is 10.9 Å². The van der Waals surface area contributed by atoms with Gasteiger partial charge in [-0.05, 0) is 56.8 Å². The summed E-state index contributed by atoms with van der Waals surface area (Å²) in [5, 5.41) is 4.85. The van der Waals surface area contributed by atoms with Crippen molar-refractivity contribution in [2.24, 2.45) is 0 Å². The molecule has 2 aromatic rings. The van der Waals surface area contributed by atoms with Crippen molar-refractivity contribution in [3.63, 3.8) is 0 Å². The van der Waals surface area contributed by atoms with Crippen LogP contribution in [0.3, 0.4) is 0 Å². The zero-order valence-electron chi connectivity index (χ0n) is 13.3. The maximum Gasteiger partial charge on any atom is 0.0704 e. The van der Waals surface area contributed by atoms with E-state index in [1.54, 1.807) is 0 Å². The summed E-state index contributed by atoms with van der Waals surface area (Å²) in [6, 6.07) is 10.6. The van der Waals surface area contributed by atoms with E-state index in [0.29, 0.717) is 0 Å². The maximum atomic E-state index is 4.46. The first-order valence-corrected chi connectivity index (χ1v) is 7.39. The largest absolute Gasteiger partial charge is 0.312 e. The predicted molar refractivity (Wildman–Crippen MR) is 87.1 cm³/mol. The molecule has 2 nitrogen and oxygen atoms in total. The highest BCUT2D eigenvalue weighted by Crippen LogP contribution is 2.32. The van der Waals surface area contributed by atoms with Crippen molar-refractivity contribution in [3.05, 3.63) is 42.1 Å². The first-order chi connectivity index (χ1) is 9.30. The minimum absolute atomic E-state index is 0.140. The van der Waals surface area contributed by atoms with E-state index in [2.05, 4.69) is 69.2 Å². The molecule has 2 heteroatoms. The number of benzene rings is 1. The van der Waals surface area contributed by atoms with Crippen LogP contribution in [0.15, 0.2) is 36.5 Å². The van der Waals surface area contributed by atoms with Gasteiger partial charge in [-0.25, -0.2) is 0 Å². The van der Waals surface area contributed by atoms with E-state index in [1.807, 2.05) is 12.3 Å². The lowest BCUT2D eigenvalue weighted by molar-refractivity contribution is 0.380. The van der Waals surface area contributed by atoms with E-state index in [-0.39, 0.29) is 11.0 Å². The molecule has 0 bridgehead atoms. The summed E-state index contributed by atoms with van der Waals surface area (Å²) in [5.74, 6) is 0. The molecule has 0 aliphatic carbocycles. The quantitative estimate of drug-likeness (QED) is 0.896. The van der Waals surface area contributed by atoms with Gasteiger partial charge in [-0.3, -0.25) is 4.98 Å². The standard InChI is InChI=1S/C18H26N2/c1-17(2,3)20-13-11-18(4,5)15-9-6-10-16-14(15)8-7-12-19-16/h6-10,12,20H,11,13H2,1-5H3. The number of nitrogens with one attached hydrogen (secondary N) is 1. The second-order valence-corrected chi connectivity index (χ2v) is 7.19. The monoisotopic (exact) mass is 270 g/mol. The van der Waals surface area contributed by atoms with Gasteiger partial charge in [0.25, 0.3) is 0 Å². The van der Waals surface area contributed by atoms with Crippen LogP contribution in [-0.4, -0.2) is 17.1 Å². The Morgan fingerprint density at radius 3 is 2.45 bits per heavy atom. The summed E-state index contributed by atoms with van der Waals surface area (Å²) in [5.41, 5.74) is 2.79. The lowest BCUT2D eigenvalue weighted by Gasteiger charge is -2.29. The van der Waals surface area contributed by atoms with Crippen LogP contribution in [0, 0.1) is 0 Å². The maximum absolute atomic E-state index is 4.46. The molecule has 108 valence electrons. The molecule has 0 amide bonds. The fourth-order valence-electron chi connectivity index (χ4n) is 2.58. The van der Waals surface area contributed by atoms with Gasteiger partial charge in [0, 0.05) is 17.1 Å². The zero-order chi connectivity index (χ0) is 14.8. The number of hydrogen-bond acceptors (Lipinski definition) is 2. The smallest absolute Gasteiger partial charge is 0.0704 e. The van der Waals surface area contributed by atoms with Crippen LogP contribution in [0.25, 0.3) is 10.9 Å². The third kappa shape index (κ3) is 3.57. The minimum atomic E-state index is 0.140. The Hall–Kier alpha value is -1.41. The van der Waals surface area contributed by atoms with Crippen molar-refractivity contribution in [1.82, 2.24) is 10.3 Å². The summed E-state index contributed by atoms with van der Waals surface area (Å²) < 4.78 is 0. The van der Waals surface area contributed by atoms with Crippen molar-refractivity contribution < 1.29 is 0 Å². The molecule has 1 aromatic carbocycles. The lowest BCUT2D eigenvalue weighted by atomic mass is 9.79. The highest BCUT2D eigenvalue weighted by Gasteiger charge is 2.23. The van der Waals surface area contributed by atoms with Crippen LogP contribution in [0.1, 0.15) is 46.6 Å². The molecule has 0 saturated carbocycles. The SMILES string of the molecule is CC(C)(C)NCCC(C)(C)c1cccc2ncccc12. The number of aromatic nitrogens is 1. The van der Waals surface area contributed by atoms with Crippen LogP contribution in [0.2, 0.25) is 0 Å². The Morgan fingerprint density at radius 1 is 1.00 bits per heavy atom. The Labute approximate surface area is 122 Å². The van der Waals surface area contributed by atoms with Gasteiger partial charge in [0.05, 0.1) is 5.52 Å². The number of pyridine rings is 1. The second-order valence-electron chi connectivity index (χ2n) is 7.19. The van der Waals surface area contributed by atoms with Crippen molar-refractivity contribution in [1.29, 1.82) is 0 Å². The van der Waals surface area contributed by atoms with Gasteiger partial charge in [-0.15, -0.1) is 0 Å². The molecule has 1 N–H and O–H groups in total. The minimum Gasteiger partial charge on any atom is -0.312 e. The molecule has 0 atom stereocenters. The third-order valence-electron chi connectivity index (χ3n) is 3.78. The fraction of sp³-hybridized carbons (Fsp3) is 0.500. The first kappa shape index (κ1) is 15.0. The van der Waals surface area contributed by atoms with E-state index >= 15 is 0 Å². The molecule has 0 unspecified atom stereocenters. The van der Waals surface area contributed by atoms with Crippen LogP contribution < -0.4 is 5.32 Å². The fourth-order valence-corrected chi connectivity index (χ4v) is 2.58. The van der Waals surface area contributed by atoms with Crippen LogP contribution in [0.5, 0.6) is 0 Å². The number of hydrogen-bond donors (Lipinski definition) is 1. The molecular formula is C18H26N2. The predicted octanol–water partition coefficient (Wildman–Crippen LogP) is 4.29. The molecule has 0 spiro atoms. The highest BCUT2D eigenvalue weighted by atomic mass is 14.9. The molecule has 1 aromatic heterocycles. The van der Waals surface area contributed by atoms with Crippen LogP contribution in [-0.2, 0) is 5.41 Å². The zero-order valence-corrected chi connectivity index (χ0v) is 13.3. The first-order valence-electron chi connectivity index (χ1n) is 7.39. The summed E-state index contributed by atoms with van der Waals surface area (Å²) >= 11 is 0. The van der Waals surface area contributed by atoms with Crippen molar-refractivity contribution >= 4 is 10.9 Å². The molecule has 20 heavy (non-hydrogen) atoms. The van der Waals surface area contributed by atoms with Gasteiger partial charge in [0.15, 0.2) is 0 Å². The number of fused-ring (bicyclic) bond motifs is 1. The van der Waals surface area contributed by atoms with Gasteiger partial charge >= 0.3 is 0 Å². The Balaban J connectivity index is 2.23. The summed E-state index contributed by atoms with van der Waals surface area (Å²) in [7, 11) is 0. The molecule has 0 aliphatic rings. The van der Waals surface area contributed by atoms with Crippen molar-refractivity contribution in [2.75, 3.05) is 6.54 Å². The Kier molecular flexibility index (Phi) is 4.14. The summed E-state index contributed by atoms with van der Waals surface area (Å²) in [6.45, 7) is 12.3. The summed E-state index contributed by atoms with van der Waals surface area (Å²) in [6.07, 6.45) is 2.97. The van der Waals surface area contributed by atoms with E-state index in [0.717, 1.165) is 18.5 Å². The van der Waals surface area contributed by atoms with Crippen molar-refractivity contribution in [3.8, 4) is 0 Å². The Bertz CT molecular complexity index is 574.